The van der Waals surface area contributed by atoms with Gasteiger partial charge in [-0.2, -0.15) is 9.61 Å². The van der Waals surface area contributed by atoms with E-state index in [1.54, 1.807) is 0 Å². The first-order valence-electron chi connectivity index (χ1n) is 10.8. The van der Waals surface area contributed by atoms with Crippen LogP contribution in [0.5, 0.6) is 0 Å². The zero-order valence-electron chi connectivity index (χ0n) is 18.5. The molecule has 1 unspecified atom stereocenters. The van der Waals surface area contributed by atoms with E-state index in [-0.39, 0.29) is 11.7 Å². The van der Waals surface area contributed by atoms with Crippen molar-refractivity contribution in [2.75, 3.05) is 18.0 Å². The Hall–Kier alpha value is -1.92. The van der Waals surface area contributed by atoms with Gasteiger partial charge in [0.2, 0.25) is 0 Å². The Morgan fingerprint density at radius 2 is 1.80 bits per heavy atom. The lowest BCUT2D eigenvalue weighted by Gasteiger charge is -2.35. The molecule has 4 rings (SSSR count). The number of halogens is 1. The molecular weight excluding hydrogens is 440 g/mol. The highest BCUT2D eigenvalue weighted by Crippen LogP contribution is 2.36. The van der Waals surface area contributed by atoms with E-state index < -0.39 is 0 Å². The van der Waals surface area contributed by atoms with Gasteiger partial charge in [0.15, 0.2) is 5.65 Å². The molecule has 1 saturated heterocycles. The second-order valence-corrected chi connectivity index (χ2v) is 10.4. The van der Waals surface area contributed by atoms with Crippen LogP contribution in [0.3, 0.4) is 0 Å². The maximum Gasteiger partial charge on any atom is 0.158 e. The van der Waals surface area contributed by atoms with Crippen molar-refractivity contribution >= 4 is 27.4 Å². The van der Waals surface area contributed by atoms with Crippen LogP contribution in [0.1, 0.15) is 57.9 Å². The largest absolute Gasteiger partial charge is 0.368 e. The fourth-order valence-electron chi connectivity index (χ4n) is 4.29. The Kier molecular flexibility index (Phi) is 5.90. The summed E-state index contributed by atoms with van der Waals surface area (Å²) in [7, 11) is 0. The molecule has 0 bridgehead atoms. The number of aryl methyl sites for hydroxylation is 1. The van der Waals surface area contributed by atoms with Crippen molar-refractivity contribution in [3.05, 3.63) is 47.7 Å². The minimum absolute atomic E-state index is 0.0806. The van der Waals surface area contributed by atoms with Crippen LogP contribution in [0.4, 0.5) is 5.82 Å². The molecule has 0 spiro atoms. The van der Waals surface area contributed by atoms with Gasteiger partial charge in [-0.05, 0) is 47.5 Å². The third-order valence-electron chi connectivity index (χ3n) is 5.53. The van der Waals surface area contributed by atoms with Gasteiger partial charge in [-0.1, -0.05) is 46.3 Å². The standard InChI is InChI=1S/C24H31BrN4O/c1-16-22(17(2)30-24(3,4)5)23(28-13-11-19(25)12-14-28)29-21(26-16)15-20(27-29)18-9-7-6-8-10-18/h6-10,15,17,19H,11-14H2,1-5H3. The van der Waals surface area contributed by atoms with Crippen molar-refractivity contribution in [1.29, 1.82) is 0 Å². The predicted octanol–water partition coefficient (Wildman–Crippen LogP) is 5.94. The highest BCUT2D eigenvalue weighted by atomic mass is 79.9. The molecule has 6 heteroatoms. The number of hydrogen-bond acceptors (Lipinski definition) is 4. The molecule has 0 N–H and O–H groups in total. The monoisotopic (exact) mass is 470 g/mol. The number of ether oxygens (including phenoxy) is 1. The molecule has 3 heterocycles. The maximum atomic E-state index is 6.38. The van der Waals surface area contributed by atoms with Gasteiger partial charge in [-0.25, -0.2) is 4.98 Å². The Morgan fingerprint density at radius 1 is 1.13 bits per heavy atom. The zero-order chi connectivity index (χ0) is 21.5. The number of hydrogen-bond donors (Lipinski definition) is 0. The highest BCUT2D eigenvalue weighted by molar-refractivity contribution is 9.09. The second-order valence-electron chi connectivity index (χ2n) is 9.13. The van der Waals surface area contributed by atoms with Gasteiger partial charge in [0.25, 0.3) is 0 Å². The van der Waals surface area contributed by atoms with E-state index in [9.17, 15) is 0 Å². The molecule has 0 aliphatic carbocycles. The van der Waals surface area contributed by atoms with Gasteiger partial charge in [0.1, 0.15) is 5.82 Å². The van der Waals surface area contributed by atoms with Gasteiger partial charge >= 0.3 is 0 Å². The number of piperidine rings is 1. The van der Waals surface area contributed by atoms with Crippen molar-refractivity contribution < 1.29 is 4.74 Å². The molecule has 5 nitrogen and oxygen atoms in total. The first-order valence-corrected chi connectivity index (χ1v) is 11.7. The van der Waals surface area contributed by atoms with Crippen LogP contribution in [-0.4, -0.2) is 38.1 Å². The van der Waals surface area contributed by atoms with E-state index in [2.05, 4.69) is 73.6 Å². The molecule has 1 aliphatic heterocycles. The van der Waals surface area contributed by atoms with Crippen molar-refractivity contribution in [3.8, 4) is 11.3 Å². The van der Waals surface area contributed by atoms with Crippen molar-refractivity contribution in [1.82, 2.24) is 14.6 Å². The van der Waals surface area contributed by atoms with Crippen LogP contribution < -0.4 is 4.90 Å². The minimum atomic E-state index is -0.236. The van der Waals surface area contributed by atoms with E-state index in [4.69, 9.17) is 14.8 Å². The van der Waals surface area contributed by atoms with Crippen molar-refractivity contribution in [3.63, 3.8) is 0 Å². The van der Waals surface area contributed by atoms with Gasteiger partial charge < -0.3 is 9.64 Å². The van der Waals surface area contributed by atoms with Crippen LogP contribution in [0.2, 0.25) is 0 Å². The lowest BCUT2D eigenvalue weighted by molar-refractivity contribution is -0.0532. The number of fused-ring (bicyclic) bond motifs is 1. The Bertz CT molecular complexity index is 1020. The summed E-state index contributed by atoms with van der Waals surface area (Å²) < 4.78 is 8.41. The Balaban J connectivity index is 1.88. The molecule has 1 aliphatic rings. The molecule has 2 aromatic heterocycles. The maximum absolute atomic E-state index is 6.38. The molecule has 1 fully saturated rings. The molecule has 0 amide bonds. The van der Waals surface area contributed by atoms with Crippen molar-refractivity contribution in [2.24, 2.45) is 0 Å². The summed E-state index contributed by atoms with van der Waals surface area (Å²) in [5.74, 6) is 1.12. The first-order chi connectivity index (χ1) is 14.2. The van der Waals surface area contributed by atoms with Crippen molar-refractivity contribution in [2.45, 2.75) is 64.0 Å². The number of anilines is 1. The fourth-order valence-corrected chi connectivity index (χ4v) is 4.70. The Labute approximate surface area is 187 Å². The molecule has 3 aromatic rings. The van der Waals surface area contributed by atoms with E-state index >= 15 is 0 Å². The molecule has 0 radical (unpaired) electrons. The molecule has 1 aromatic carbocycles. The smallest absolute Gasteiger partial charge is 0.158 e. The van der Waals surface area contributed by atoms with E-state index in [1.165, 1.54) is 0 Å². The van der Waals surface area contributed by atoms with E-state index in [1.807, 2.05) is 22.7 Å². The van der Waals surface area contributed by atoms with Crippen LogP contribution in [0.25, 0.3) is 16.9 Å². The predicted molar refractivity (Wildman–Crippen MR) is 127 cm³/mol. The molecule has 30 heavy (non-hydrogen) atoms. The van der Waals surface area contributed by atoms with Gasteiger partial charge in [-0.15, -0.1) is 0 Å². The molecule has 1 atom stereocenters. The van der Waals surface area contributed by atoms with Crippen LogP contribution >= 0.6 is 15.9 Å². The summed E-state index contributed by atoms with van der Waals surface area (Å²) in [5.41, 5.74) is 4.84. The minimum Gasteiger partial charge on any atom is -0.368 e. The van der Waals surface area contributed by atoms with Crippen LogP contribution in [-0.2, 0) is 4.74 Å². The Morgan fingerprint density at radius 3 is 2.43 bits per heavy atom. The summed E-state index contributed by atoms with van der Waals surface area (Å²) >= 11 is 3.79. The van der Waals surface area contributed by atoms with Crippen LogP contribution in [0.15, 0.2) is 36.4 Å². The molecule has 0 saturated carbocycles. The second kappa shape index (κ2) is 8.31. The van der Waals surface area contributed by atoms with Gasteiger partial charge in [-0.3, -0.25) is 0 Å². The van der Waals surface area contributed by atoms with Gasteiger partial charge in [0.05, 0.1) is 17.4 Å². The summed E-state index contributed by atoms with van der Waals surface area (Å²) in [6.07, 6.45) is 2.15. The lowest BCUT2D eigenvalue weighted by Crippen LogP contribution is -2.37. The number of alkyl halides is 1. The summed E-state index contributed by atoms with van der Waals surface area (Å²) in [4.78, 5) is 7.97. The van der Waals surface area contributed by atoms with Crippen LogP contribution in [0, 0.1) is 6.92 Å². The number of aromatic nitrogens is 3. The molecule has 160 valence electrons. The average molecular weight is 471 g/mol. The zero-order valence-corrected chi connectivity index (χ0v) is 20.1. The number of rotatable bonds is 4. The average Bonchev–Trinajstić information content (AvgIpc) is 3.10. The summed E-state index contributed by atoms with van der Waals surface area (Å²) in [6.45, 7) is 12.5. The third kappa shape index (κ3) is 4.40. The lowest BCUT2D eigenvalue weighted by atomic mass is 10.0. The summed E-state index contributed by atoms with van der Waals surface area (Å²) in [5, 5.41) is 5.00. The quantitative estimate of drug-likeness (QED) is 0.442. The number of nitrogens with zero attached hydrogens (tertiary/aromatic N) is 4. The van der Waals surface area contributed by atoms with Gasteiger partial charge in [0, 0.05) is 40.8 Å². The highest BCUT2D eigenvalue weighted by Gasteiger charge is 2.29. The SMILES string of the molecule is Cc1nc2cc(-c3ccccc3)nn2c(N2CCC(Br)CC2)c1C(C)OC(C)(C)C. The third-order valence-corrected chi connectivity index (χ3v) is 6.45. The van der Waals surface area contributed by atoms with E-state index in [0.717, 1.165) is 59.9 Å². The normalized spacial score (nSPS) is 16.9. The topological polar surface area (TPSA) is 42.7 Å². The first kappa shape index (κ1) is 21.3. The summed E-state index contributed by atoms with van der Waals surface area (Å²) in [6, 6.07) is 12.4. The fraction of sp³-hybridized carbons (Fsp3) is 0.500. The molecular formula is C24H31BrN4O. The van der Waals surface area contributed by atoms with E-state index in [0.29, 0.717) is 4.83 Å². The number of benzene rings is 1.